The molecule has 2 heterocycles. The van der Waals surface area contributed by atoms with E-state index in [-0.39, 0.29) is 34.4 Å². The number of benzene rings is 2. The Labute approximate surface area is 189 Å². The fourth-order valence-electron chi connectivity index (χ4n) is 6.38. The van der Waals surface area contributed by atoms with Gasteiger partial charge in [0.1, 0.15) is 5.82 Å². The van der Waals surface area contributed by atoms with E-state index in [9.17, 15) is 14.0 Å². The Morgan fingerprint density at radius 3 is 2.25 bits per heavy atom. The fourth-order valence-corrected chi connectivity index (χ4v) is 6.38. The molecule has 3 aliphatic rings. The van der Waals surface area contributed by atoms with Crippen molar-refractivity contribution in [1.82, 2.24) is 10.2 Å². The molecule has 2 saturated heterocycles. The fraction of sp³-hybridized carbons (Fsp3) is 0.481. The number of carbonyl (C=O) groups excluding carboxylic acids is 2. The van der Waals surface area contributed by atoms with E-state index in [1.165, 1.54) is 12.1 Å². The van der Waals surface area contributed by atoms with E-state index in [2.05, 4.69) is 31.3 Å². The average molecular weight is 435 g/mol. The van der Waals surface area contributed by atoms with Gasteiger partial charge in [0.25, 0.3) is 0 Å². The summed E-state index contributed by atoms with van der Waals surface area (Å²) in [5.74, 6) is 0.189. The zero-order chi connectivity index (χ0) is 22.6. The number of rotatable bonds is 3. The summed E-state index contributed by atoms with van der Waals surface area (Å²) in [5.41, 5.74) is 1.49. The van der Waals surface area contributed by atoms with Crippen molar-refractivity contribution in [3.8, 4) is 0 Å². The second-order valence-corrected chi connectivity index (χ2v) is 10.6. The zero-order valence-corrected chi connectivity index (χ0v) is 18.9. The lowest BCUT2D eigenvalue weighted by molar-refractivity contribution is -0.139. The number of piperidine rings is 2. The molecule has 2 aliphatic heterocycles. The number of likely N-dealkylation sites (tertiary alicyclic amines) is 1. The van der Waals surface area contributed by atoms with Crippen LogP contribution < -0.4 is 5.32 Å². The van der Waals surface area contributed by atoms with Crippen molar-refractivity contribution >= 4 is 11.8 Å². The van der Waals surface area contributed by atoms with Crippen LogP contribution in [0.4, 0.5) is 4.39 Å². The van der Waals surface area contributed by atoms with Crippen LogP contribution >= 0.6 is 0 Å². The molecule has 168 valence electrons. The van der Waals surface area contributed by atoms with E-state index in [0.29, 0.717) is 26.1 Å². The highest BCUT2D eigenvalue weighted by Crippen LogP contribution is 2.65. The minimum atomic E-state index is -0.445. The SMILES string of the molecule is CC1(C)CC1(C(=O)N1CCC2(CC1)CC(=O)NCC2c1ccc(F)cc1)c1ccccc1. The monoisotopic (exact) mass is 434 g/mol. The summed E-state index contributed by atoms with van der Waals surface area (Å²) in [6, 6.07) is 16.8. The Morgan fingerprint density at radius 1 is 1.03 bits per heavy atom. The second-order valence-electron chi connectivity index (χ2n) is 10.6. The van der Waals surface area contributed by atoms with Crippen molar-refractivity contribution < 1.29 is 14.0 Å². The molecule has 5 rings (SSSR count). The lowest BCUT2D eigenvalue weighted by Crippen LogP contribution is -2.54. The van der Waals surface area contributed by atoms with Gasteiger partial charge in [-0.05, 0) is 53.4 Å². The van der Waals surface area contributed by atoms with Crippen LogP contribution in [0.2, 0.25) is 0 Å². The third kappa shape index (κ3) is 3.25. The van der Waals surface area contributed by atoms with Gasteiger partial charge in [0.05, 0.1) is 5.41 Å². The number of nitrogens with one attached hydrogen (secondary N) is 1. The molecular formula is C27H31FN2O2. The molecule has 4 nitrogen and oxygen atoms in total. The van der Waals surface area contributed by atoms with Crippen LogP contribution in [0.3, 0.4) is 0 Å². The summed E-state index contributed by atoms with van der Waals surface area (Å²) in [6.45, 7) is 6.25. The zero-order valence-electron chi connectivity index (χ0n) is 18.9. The quantitative estimate of drug-likeness (QED) is 0.778. The first kappa shape index (κ1) is 21.2. The Hall–Kier alpha value is -2.69. The molecule has 32 heavy (non-hydrogen) atoms. The minimum absolute atomic E-state index is 0.0536. The number of carbonyl (C=O) groups is 2. The molecule has 2 atom stereocenters. The van der Waals surface area contributed by atoms with Gasteiger partial charge in [0, 0.05) is 32.0 Å². The van der Waals surface area contributed by atoms with Crippen molar-refractivity contribution in [3.05, 3.63) is 71.5 Å². The first-order valence-electron chi connectivity index (χ1n) is 11.6. The maximum Gasteiger partial charge on any atom is 0.233 e. The molecule has 5 heteroatoms. The van der Waals surface area contributed by atoms with Gasteiger partial charge in [-0.2, -0.15) is 0 Å². The van der Waals surface area contributed by atoms with E-state index in [1.807, 2.05) is 35.2 Å². The van der Waals surface area contributed by atoms with E-state index < -0.39 is 5.41 Å². The van der Waals surface area contributed by atoms with Gasteiger partial charge in [-0.15, -0.1) is 0 Å². The smallest absolute Gasteiger partial charge is 0.233 e. The summed E-state index contributed by atoms with van der Waals surface area (Å²) in [7, 11) is 0. The molecule has 2 aromatic carbocycles. The second kappa shape index (κ2) is 7.43. The summed E-state index contributed by atoms with van der Waals surface area (Å²) < 4.78 is 13.5. The predicted octanol–water partition coefficient (Wildman–Crippen LogP) is 4.41. The Kier molecular flexibility index (Phi) is 4.92. The lowest BCUT2D eigenvalue weighted by Gasteiger charge is -2.49. The van der Waals surface area contributed by atoms with Crippen LogP contribution in [0.5, 0.6) is 0 Å². The lowest BCUT2D eigenvalue weighted by atomic mass is 9.62. The molecule has 1 aliphatic carbocycles. The number of hydrogen-bond acceptors (Lipinski definition) is 2. The van der Waals surface area contributed by atoms with Crippen LogP contribution in [-0.2, 0) is 15.0 Å². The van der Waals surface area contributed by atoms with Gasteiger partial charge in [-0.25, -0.2) is 4.39 Å². The number of hydrogen-bond donors (Lipinski definition) is 1. The molecule has 2 amide bonds. The molecule has 1 N–H and O–H groups in total. The highest BCUT2D eigenvalue weighted by Gasteiger charge is 2.68. The summed E-state index contributed by atoms with van der Waals surface area (Å²) >= 11 is 0. The first-order chi connectivity index (χ1) is 15.3. The Bertz CT molecular complexity index is 1030. The van der Waals surface area contributed by atoms with E-state index >= 15 is 0 Å². The molecule has 2 aromatic rings. The van der Waals surface area contributed by atoms with Gasteiger partial charge in [0.15, 0.2) is 0 Å². The van der Waals surface area contributed by atoms with Crippen molar-refractivity contribution in [2.24, 2.45) is 10.8 Å². The van der Waals surface area contributed by atoms with Crippen LogP contribution in [0.15, 0.2) is 54.6 Å². The molecule has 1 spiro atoms. The van der Waals surface area contributed by atoms with Crippen LogP contribution in [-0.4, -0.2) is 36.3 Å². The molecule has 2 unspecified atom stereocenters. The van der Waals surface area contributed by atoms with Crippen molar-refractivity contribution in [1.29, 1.82) is 0 Å². The van der Waals surface area contributed by atoms with Crippen LogP contribution in [0.25, 0.3) is 0 Å². The summed E-state index contributed by atoms with van der Waals surface area (Å²) in [5, 5.41) is 3.00. The van der Waals surface area contributed by atoms with Gasteiger partial charge in [-0.1, -0.05) is 56.3 Å². The maximum atomic E-state index is 13.8. The van der Waals surface area contributed by atoms with Gasteiger partial charge in [-0.3, -0.25) is 9.59 Å². The maximum absolute atomic E-state index is 13.8. The molecule has 0 aromatic heterocycles. The van der Waals surface area contributed by atoms with E-state index in [4.69, 9.17) is 0 Å². The van der Waals surface area contributed by atoms with Crippen molar-refractivity contribution in [3.63, 3.8) is 0 Å². The topological polar surface area (TPSA) is 49.4 Å². The standard InChI is InChI=1S/C27H31FN2O2/c1-25(2)18-27(25,20-6-4-3-5-7-20)24(32)30-14-12-26(13-15-30)16-23(31)29-17-22(26)19-8-10-21(28)11-9-19/h3-11,22H,12-18H2,1-2H3,(H,29,31). The van der Waals surface area contributed by atoms with Gasteiger partial charge >= 0.3 is 0 Å². The number of amides is 2. The van der Waals surface area contributed by atoms with E-state index in [1.54, 1.807) is 0 Å². The van der Waals surface area contributed by atoms with Crippen molar-refractivity contribution in [2.45, 2.75) is 50.9 Å². The first-order valence-corrected chi connectivity index (χ1v) is 11.6. The highest BCUT2D eigenvalue weighted by molar-refractivity contribution is 5.93. The summed E-state index contributed by atoms with van der Waals surface area (Å²) in [6.07, 6.45) is 2.91. The average Bonchev–Trinajstić information content (AvgIpc) is 3.39. The molecule has 3 fully saturated rings. The molecule has 1 saturated carbocycles. The van der Waals surface area contributed by atoms with Crippen LogP contribution in [0, 0.1) is 16.6 Å². The number of nitrogens with zero attached hydrogens (tertiary/aromatic N) is 1. The van der Waals surface area contributed by atoms with Gasteiger partial charge in [0.2, 0.25) is 11.8 Å². The van der Waals surface area contributed by atoms with E-state index in [0.717, 1.165) is 30.4 Å². The minimum Gasteiger partial charge on any atom is -0.355 e. The normalized spacial score (nSPS) is 28.3. The number of halogens is 1. The molecule has 0 bridgehead atoms. The summed E-state index contributed by atoms with van der Waals surface area (Å²) in [4.78, 5) is 28.2. The van der Waals surface area contributed by atoms with Crippen LogP contribution in [0.1, 0.15) is 56.6 Å². The Balaban J connectivity index is 1.38. The predicted molar refractivity (Wildman–Crippen MR) is 122 cm³/mol. The van der Waals surface area contributed by atoms with Gasteiger partial charge < -0.3 is 10.2 Å². The third-order valence-corrected chi connectivity index (χ3v) is 8.44. The highest BCUT2D eigenvalue weighted by atomic mass is 19.1. The molecule has 0 radical (unpaired) electrons. The largest absolute Gasteiger partial charge is 0.355 e. The molecular weight excluding hydrogens is 403 g/mol. The van der Waals surface area contributed by atoms with Crippen molar-refractivity contribution in [2.75, 3.05) is 19.6 Å². The Morgan fingerprint density at radius 2 is 1.66 bits per heavy atom. The third-order valence-electron chi connectivity index (χ3n) is 8.44.